The lowest BCUT2D eigenvalue weighted by atomic mass is 10.0. The van der Waals surface area contributed by atoms with Gasteiger partial charge in [0, 0.05) is 19.0 Å². The third kappa shape index (κ3) is 4.34. The molecule has 1 saturated heterocycles. The standard InChI is InChI=1S/C14H17ClN2O3S/c1-21(18,19)17-6-2-3-12(9-17)10-20-14-5-4-11(8-16)7-13(14)15/h4-5,7,12H,2-3,6,9-10H2,1H3. The predicted molar refractivity (Wildman–Crippen MR) is 80.8 cm³/mol. The number of piperidine rings is 1. The average Bonchev–Trinajstić information content (AvgIpc) is 2.45. The van der Waals surface area contributed by atoms with E-state index < -0.39 is 10.0 Å². The smallest absolute Gasteiger partial charge is 0.211 e. The van der Waals surface area contributed by atoms with Crippen molar-refractivity contribution in [1.29, 1.82) is 5.26 Å². The molecule has 5 nitrogen and oxygen atoms in total. The van der Waals surface area contributed by atoms with Crippen molar-refractivity contribution in [3.05, 3.63) is 28.8 Å². The first-order chi connectivity index (χ1) is 9.90. The molecule has 114 valence electrons. The first-order valence-electron chi connectivity index (χ1n) is 6.67. The van der Waals surface area contributed by atoms with Gasteiger partial charge in [0.25, 0.3) is 0 Å². The fourth-order valence-electron chi connectivity index (χ4n) is 2.36. The zero-order valence-electron chi connectivity index (χ0n) is 11.8. The van der Waals surface area contributed by atoms with Gasteiger partial charge in [0.15, 0.2) is 0 Å². The largest absolute Gasteiger partial charge is 0.492 e. The molecule has 1 aromatic rings. The first kappa shape index (κ1) is 16.1. The maximum atomic E-state index is 11.6. The van der Waals surface area contributed by atoms with Gasteiger partial charge in [-0.3, -0.25) is 0 Å². The van der Waals surface area contributed by atoms with Gasteiger partial charge in [0.1, 0.15) is 5.75 Å². The molecular weight excluding hydrogens is 312 g/mol. The molecule has 0 saturated carbocycles. The molecule has 1 atom stereocenters. The normalized spacial score (nSPS) is 20.0. The van der Waals surface area contributed by atoms with Gasteiger partial charge < -0.3 is 4.74 Å². The number of hydrogen-bond acceptors (Lipinski definition) is 4. The van der Waals surface area contributed by atoms with Crippen LogP contribution in [-0.4, -0.2) is 38.7 Å². The van der Waals surface area contributed by atoms with Crippen LogP contribution in [0, 0.1) is 17.2 Å². The van der Waals surface area contributed by atoms with Crippen LogP contribution in [0.4, 0.5) is 0 Å². The molecule has 1 heterocycles. The summed E-state index contributed by atoms with van der Waals surface area (Å²) in [4.78, 5) is 0. The van der Waals surface area contributed by atoms with Crippen LogP contribution in [0.15, 0.2) is 18.2 Å². The number of halogens is 1. The van der Waals surface area contributed by atoms with E-state index in [0.29, 0.717) is 36.0 Å². The molecule has 0 spiro atoms. The second-order valence-electron chi connectivity index (χ2n) is 5.20. The fourth-order valence-corrected chi connectivity index (χ4v) is 3.54. The summed E-state index contributed by atoms with van der Waals surface area (Å²) in [5, 5.41) is 9.17. The number of ether oxygens (including phenoxy) is 1. The number of sulfonamides is 1. The van der Waals surface area contributed by atoms with Crippen molar-refractivity contribution in [2.24, 2.45) is 5.92 Å². The average molecular weight is 329 g/mol. The maximum absolute atomic E-state index is 11.6. The predicted octanol–water partition coefficient (Wildman–Crippen LogP) is 2.26. The Hall–Kier alpha value is -1.29. The van der Waals surface area contributed by atoms with Crippen LogP contribution in [0.2, 0.25) is 5.02 Å². The molecule has 0 radical (unpaired) electrons. The van der Waals surface area contributed by atoms with E-state index in [9.17, 15) is 8.42 Å². The van der Waals surface area contributed by atoms with Crippen LogP contribution in [0.1, 0.15) is 18.4 Å². The molecule has 0 aliphatic carbocycles. The van der Waals surface area contributed by atoms with E-state index in [2.05, 4.69) is 0 Å². The van der Waals surface area contributed by atoms with E-state index in [1.165, 1.54) is 10.6 Å². The van der Waals surface area contributed by atoms with E-state index in [-0.39, 0.29) is 5.92 Å². The molecule has 1 fully saturated rings. The highest BCUT2D eigenvalue weighted by molar-refractivity contribution is 7.88. The second kappa shape index (κ2) is 6.65. The molecule has 0 aromatic heterocycles. The molecule has 0 bridgehead atoms. The van der Waals surface area contributed by atoms with Crippen molar-refractivity contribution in [3.8, 4) is 11.8 Å². The Kier molecular flexibility index (Phi) is 5.09. The summed E-state index contributed by atoms with van der Waals surface area (Å²) in [6, 6.07) is 6.87. The van der Waals surface area contributed by atoms with E-state index in [0.717, 1.165) is 12.8 Å². The van der Waals surface area contributed by atoms with Crippen LogP contribution in [0.5, 0.6) is 5.75 Å². The van der Waals surface area contributed by atoms with Crippen LogP contribution in [0.25, 0.3) is 0 Å². The minimum Gasteiger partial charge on any atom is -0.492 e. The number of nitriles is 1. The topological polar surface area (TPSA) is 70.4 Å². The van der Waals surface area contributed by atoms with Gasteiger partial charge >= 0.3 is 0 Å². The number of nitrogens with zero attached hydrogens (tertiary/aromatic N) is 2. The zero-order chi connectivity index (χ0) is 15.5. The summed E-state index contributed by atoms with van der Waals surface area (Å²) in [7, 11) is -3.14. The zero-order valence-corrected chi connectivity index (χ0v) is 13.3. The Morgan fingerprint density at radius 2 is 2.29 bits per heavy atom. The van der Waals surface area contributed by atoms with E-state index in [1.54, 1.807) is 18.2 Å². The summed E-state index contributed by atoms with van der Waals surface area (Å²) >= 11 is 6.04. The van der Waals surface area contributed by atoms with Crippen molar-refractivity contribution >= 4 is 21.6 Å². The summed E-state index contributed by atoms with van der Waals surface area (Å²) < 4.78 is 30.3. The third-order valence-corrected chi connectivity index (χ3v) is 5.05. The van der Waals surface area contributed by atoms with Gasteiger partial charge in [-0.1, -0.05) is 11.6 Å². The van der Waals surface area contributed by atoms with Crippen molar-refractivity contribution in [2.45, 2.75) is 12.8 Å². The highest BCUT2D eigenvalue weighted by Gasteiger charge is 2.26. The third-order valence-electron chi connectivity index (χ3n) is 3.49. The molecule has 21 heavy (non-hydrogen) atoms. The number of benzene rings is 1. The van der Waals surface area contributed by atoms with Crippen LogP contribution >= 0.6 is 11.6 Å². The van der Waals surface area contributed by atoms with Crippen molar-refractivity contribution in [3.63, 3.8) is 0 Å². The first-order valence-corrected chi connectivity index (χ1v) is 8.90. The van der Waals surface area contributed by atoms with Gasteiger partial charge in [-0.05, 0) is 31.0 Å². The van der Waals surface area contributed by atoms with Crippen molar-refractivity contribution in [1.82, 2.24) is 4.31 Å². The Morgan fingerprint density at radius 1 is 1.52 bits per heavy atom. The van der Waals surface area contributed by atoms with Crippen LogP contribution in [-0.2, 0) is 10.0 Å². The molecule has 1 aromatic carbocycles. The Morgan fingerprint density at radius 3 is 2.90 bits per heavy atom. The van der Waals surface area contributed by atoms with Gasteiger partial charge in [-0.15, -0.1) is 0 Å². The lowest BCUT2D eigenvalue weighted by molar-refractivity contribution is 0.181. The molecule has 0 N–H and O–H groups in total. The Labute approximate surface area is 130 Å². The van der Waals surface area contributed by atoms with Gasteiger partial charge in [0.2, 0.25) is 10.0 Å². The van der Waals surface area contributed by atoms with Crippen LogP contribution in [0.3, 0.4) is 0 Å². The maximum Gasteiger partial charge on any atom is 0.211 e. The van der Waals surface area contributed by atoms with Gasteiger partial charge in [0.05, 0.1) is 29.5 Å². The number of hydrogen-bond donors (Lipinski definition) is 0. The lowest BCUT2D eigenvalue weighted by Crippen LogP contribution is -2.40. The SMILES string of the molecule is CS(=O)(=O)N1CCCC(COc2ccc(C#N)cc2Cl)C1. The minimum absolute atomic E-state index is 0.153. The molecular formula is C14H17ClN2O3S. The molecule has 2 rings (SSSR count). The Bertz CT molecular complexity index is 655. The van der Waals surface area contributed by atoms with E-state index >= 15 is 0 Å². The monoisotopic (exact) mass is 328 g/mol. The summed E-state index contributed by atoms with van der Waals surface area (Å²) in [5.74, 6) is 0.673. The molecule has 1 aliphatic heterocycles. The van der Waals surface area contributed by atoms with E-state index in [1.807, 2.05) is 6.07 Å². The van der Waals surface area contributed by atoms with Gasteiger partial charge in [-0.2, -0.15) is 5.26 Å². The second-order valence-corrected chi connectivity index (χ2v) is 7.59. The summed E-state index contributed by atoms with van der Waals surface area (Å²) in [5.41, 5.74) is 0.480. The lowest BCUT2D eigenvalue weighted by Gasteiger charge is -2.30. The number of rotatable bonds is 4. The molecule has 1 aliphatic rings. The quantitative estimate of drug-likeness (QED) is 0.850. The highest BCUT2D eigenvalue weighted by atomic mass is 35.5. The molecule has 0 amide bonds. The Balaban J connectivity index is 1.96. The van der Waals surface area contributed by atoms with Gasteiger partial charge in [-0.25, -0.2) is 12.7 Å². The van der Waals surface area contributed by atoms with Crippen molar-refractivity contribution < 1.29 is 13.2 Å². The fraction of sp³-hybridized carbons (Fsp3) is 0.500. The summed E-state index contributed by atoms with van der Waals surface area (Å²) in [6.07, 6.45) is 3.00. The molecule has 1 unspecified atom stereocenters. The highest BCUT2D eigenvalue weighted by Crippen LogP contribution is 2.27. The van der Waals surface area contributed by atoms with Crippen molar-refractivity contribution in [2.75, 3.05) is 26.0 Å². The summed E-state index contributed by atoms with van der Waals surface area (Å²) in [6.45, 7) is 1.47. The molecule has 7 heteroatoms. The van der Waals surface area contributed by atoms with E-state index in [4.69, 9.17) is 21.6 Å². The minimum atomic E-state index is -3.14. The van der Waals surface area contributed by atoms with Crippen LogP contribution < -0.4 is 4.74 Å².